The number of rotatable bonds is 5. The Morgan fingerprint density at radius 3 is 2.80 bits per heavy atom. The van der Waals surface area contributed by atoms with Crippen LogP contribution in [0.2, 0.25) is 0 Å². The number of amides is 2. The molecule has 0 unspecified atom stereocenters. The van der Waals surface area contributed by atoms with Crippen LogP contribution in [0.5, 0.6) is 0 Å². The van der Waals surface area contributed by atoms with Gasteiger partial charge in [-0.3, -0.25) is 19.4 Å². The quantitative estimate of drug-likeness (QED) is 0.517. The van der Waals surface area contributed by atoms with E-state index < -0.39 is 0 Å². The number of aromatic amines is 1. The highest BCUT2D eigenvalue weighted by Crippen LogP contribution is 2.16. The van der Waals surface area contributed by atoms with E-state index in [2.05, 4.69) is 20.3 Å². The smallest absolute Gasteiger partial charge is 0.268 e. The van der Waals surface area contributed by atoms with Crippen LogP contribution in [0.15, 0.2) is 65.0 Å². The molecule has 4 rings (SSSR count). The minimum atomic E-state index is -0.313. The van der Waals surface area contributed by atoms with Crippen LogP contribution < -0.4 is 10.9 Å². The molecule has 0 bridgehead atoms. The molecule has 0 aliphatic rings. The summed E-state index contributed by atoms with van der Waals surface area (Å²) in [5.41, 5.74) is 1.71. The third-order valence-corrected chi connectivity index (χ3v) is 5.29. The van der Waals surface area contributed by atoms with Gasteiger partial charge in [-0.15, -0.1) is 11.3 Å². The molecule has 3 heterocycles. The second kappa shape index (κ2) is 8.26. The minimum absolute atomic E-state index is 0.145. The predicted octanol–water partition coefficient (Wildman–Crippen LogP) is 2.90. The SMILES string of the molecule is CN(Cc1nc2ccsc2c(=O)[nH]1)C(=O)c1cccc(NC(=O)c2cccnc2)c1. The van der Waals surface area contributed by atoms with Crippen LogP contribution >= 0.6 is 11.3 Å². The summed E-state index contributed by atoms with van der Waals surface area (Å²) in [5.74, 6) is -0.171. The van der Waals surface area contributed by atoms with Gasteiger partial charge < -0.3 is 15.2 Å². The maximum atomic E-state index is 12.8. The van der Waals surface area contributed by atoms with E-state index in [1.165, 1.54) is 22.4 Å². The van der Waals surface area contributed by atoms with E-state index in [4.69, 9.17) is 0 Å². The van der Waals surface area contributed by atoms with Gasteiger partial charge in [0.05, 0.1) is 17.6 Å². The predicted molar refractivity (Wildman–Crippen MR) is 115 cm³/mol. The highest BCUT2D eigenvalue weighted by molar-refractivity contribution is 7.17. The second-order valence-corrected chi connectivity index (χ2v) is 7.50. The fourth-order valence-electron chi connectivity index (χ4n) is 2.94. The normalized spacial score (nSPS) is 10.7. The van der Waals surface area contributed by atoms with Crippen LogP contribution in [0.25, 0.3) is 10.2 Å². The van der Waals surface area contributed by atoms with Crippen molar-refractivity contribution in [1.29, 1.82) is 0 Å². The van der Waals surface area contributed by atoms with Crippen molar-refractivity contribution in [3.05, 3.63) is 87.5 Å². The number of pyridine rings is 1. The minimum Gasteiger partial charge on any atom is -0.334 e. The van der Waals surface area contributed by atoms with Crippen molar-refractivity contribution >= 4 is 39.1 Å². The Labute approximate surface area is 175 Å². The lowest BCUT2D eigenvalue weighted by Gasteiger charge is -2.17. The van der Waals surface area contributed by atoms with Gasteiger partial charge in [0, 0.05) is 30.7 Å². The molecule has 4 aromatic rings. The van der Waals surface area contributed by atoms with Gasteiger partial charge in [0.1, 0.15) is 10.5 Å². The number of hydrogen-bond acceptors (Lipinski definition) is 6. The summed E-state index contributed by atoms with van der Waals surface area (Å²) >= 11 is 1.32. The zero-order chi connectivity index (χ0) is 21.1. The van der Waals surface area contributed by atoms with Gasteiger partial charge in [0.25, 0.3) is 17.4 Å². The van der Waals surface area contributed by atoms with E-state index in [-0.39, 0.29) is 23.9 Å². The molecule has 0 saturated heterocycles. The van der Waals surface area contributed by atoms with Crippen molar-refractivity contribution in [2.75, 3.05) is 12.4 Å². The van der Waals surface area contributed by atoms with Gasteiger partial charge in [-0.2, -0.15) is 0 Å². The van der Waals surface area contributed by atoms with Crippen molar-refractivity contribution in [3.63, 3.8) is 0 Å². The molecule has 9 heteroatoms. The third-order valence-electron chi connectivity index (χ3n) is 4.39. The van der Waals surface area contributed by atoms with Crippen LogP contribution in [0.3, 0.4) is 0 Å². The van der Waals surface area contributed by atoms with E-state index in [0.717, 1.165) is 0 Å². The largest absolute Gasteiger partial charge is 0.334 e. The highest BCUT2D eigenvalue weighted by Gasteiger charge is 2.15. The number of aromatic nitrogens is 3. The van der Waals surface area contributed by atoms with E-state index in [9.17, 15) is 14.4 Å². The summed E-state index contributed by atoms with van der Waals surface area (Å²) in [5, 5.41) is 4.56. The Morgan fingerprint density at radius 1 is 1.17 bits per heavy atom. The Bertz CT molecular complexity index is 1280. The van der Waals surface area contributed by atoms with Crippen molar-refractivity contribution < 1.29 is 9.59 Å². The van der Waals surface area contributed by atoms with Crippen LogP contribution in [-0.4, -0.2) is 38.7 Å². The Morgan fingerprint density at radius 2 is 2.00 bits per heavy atom. The van der Waals surface area contributed by atoms with Crippen molar-refractivity contribution in [2.45, 2.75) is 6.54 Å². The van der Waals surface area contributed by atoms with Crippen LogP contribution in [0.1, 0.15) is 26.5 Å². The average molecular weight is 419 g/mol. The molecule has 0 saturated carbocycles. The number of fused-ring (bicyclic) bond motifs is 1. The summed E-state index contributed by atoms with van der Waals surface area (Å²) in [6.45, 7) is 0.145. The number of nitrogens with one attached hydrogen (secondary N) is 2. The lowest BCUT2D eigenvalue weighted by atomic mass is 10.1. The first-order valence-electron chi connectivity index (χ1n) is 9.04. The van der Waals surface area contributed by atoms with Crippen molar-refractivity contribution in [2.24, 2.45) is 0 Å². The van der Waals surface area contributed by atoms with E-state index in [1.54, 1.807) is 61.1 Å². The number of H-pyrrole nitrogens is 1. The molecule has 2 amide bonds. The van der Waals surface area contributed by atoms with Crippen LogP contribution in [0, 0.1) is 0 Å². The topological polar surface area (TPSA) is 108 Å². The first-order chi connectivity index (χ1) is 14.5. The molecular formula is C21H17N5O3S. The van der Waals surface area contributed by atoms with Gasteiger partial charge in [-0.25, -0.2) is 4.98 Å². The number of hydrogen-bond donors (Lipinski definition) is 2. The molecule has 0 atom stereocenters. The number of carbonyl (C=O) groups is 2. The molecule has 0 aliphatic heterocycles. The van der Waals surface area contributed by atoms with Crippen LogP contribution in [-0.2, 0) is 6.54 Å². The van der Waals surface area contributed by atoms with Crippen molar-refractivity contribution in [1.82, 2.24) is 19.9 Å². The van der Waals surface area contributed by atoms with Crippen LogP contribution in [0.4, 0.5) is 5.69 Å². The van der Waals surface area contributed by atoms with E-state index in [0.29, 0.717) is 32.9 Å². The maximum absolute atomic E-state index is 12.8. The number of benzene rings is 1. The zero-order valence-corrected chi connectivity index (χ0v) is 16.8. The Hall–Kier alpha value is -3.85. The summed E-state index contributed by atoms with van der Waals surface area (Å²) < 4.78 is 0.560. The number of nitrogens with zero attached hydrogens (tertiary/aromatic N) is 3. The Balaban J connectivity index is 1.49. The Kier molecular flexibility index (Phi) is 5.36. The van der Waals surface area contributed by atoms with Gasteiger partial charge in [-0.1, -0.05) is 6.07 Å². The third kappa shape index (κ3) is 4.11. The molecule has 0 radical (unpaired) electrons. The lowest BCUT2D eigenvalue weighted by Crippen LogP contribution is -2.28. The first-order valence-corrected chi connectivity index (χ1v) is 9.92. The maximum Gasteiger partial charge on any atom is 0.268 e. The molecule has 150 valence electrons. The average Bonchev–Trinajstić information content (AvgIpc) is 3.23. The van der Waals surface area contributed by atoms with Gasteiger partial charge in [-0.05, 0) is 41.8 Å². The summed E-state index contributed by atoms with van der Waals surface area (Å²) in [7, 11) is 1.63. The monoisotopic (exact) mass is 419 g/mol. The highest BCUT2D eigenvalue weighted by atomic mass is 32.1. The molecule has 8 nitrogen and oxygen atoms in total. The molecule has 3 aromatic heterocycles. The molecule has 0 aliphatic carbocycles. The van der Waals surface area contributed by atoms with Gasteiger partial charge in [0.15, 0.2) is 0 Å². The van der Waals surface area contributed by atoms with Gasteiger partial charge in [0.2, 0.25) is 0 Å². The number of thiophene rings is 1. The standard InChI is InChI=1S/C21H17N5O3S/c1-26(12-17-24-16-7-9-30-18(16)20(28)25-17)21(29)13-4-2-6-15(10-13)23-19(27)14-5-3-8-22-11-14/h2-11H,12H2,1H3,(H,23,27)(H,24,25,28). The fraction of sp³-hybridized carbons (Fsp3) is 0.0952. The zero-order valence-electron chi connectivity index (χ0n) is 16.0. The second-order valence-electron chi connectivity index (χ2n) is 6.59. The van der Waals surface area contributed by atoms with E-state index in [1.807, 2.05) is 0 Å². The number of anilines is 1. The van der Waals surface area contributed by atoms with E-state index >= 15 is 0 Å². The fourth-order valence-corrected chi connectivity index (χ4v) is 3.67. The van der Waals surface area contributed by atoms with Crippen molar-refractivity contribution in [3.8, 4) is 0 Å². The molecule has 0 spiro atoms. The molecule has 0 fully saturated rings. The summed E-state index contributed by atoms with van der Waals surface area (Å²) in [6, 6.07) is 11.8. The summed E-state index contributed by atoms with van der Waals surface area (Å²) in [6.07, 6.45) is 3.06. The lowest BCUT2D eigenvalue weighted by molar-refractivity contribution is 0.0781. The molecular weight excluding hydrogens is 402 g/mol. The molecule has 2 N–H and O–H groups in total. The molecule has 30 heavy (non-hydrogen) atoms. The van der Waals surface area contributed by atoms with Gasteiger partial charge >= 0.3 is 0 Å². The molecule has 1 aromatic carbocycles. The first kappa shape index (κ1) is 19.5. The number of carbonyl (C=O) groups excluding carboxylic acids is 2. The summed E-state index contributed by atoms with van der Waals surface area (Å²) in [4.78, 5) is 49.8.